The lowest BCUT2D eigenvalue weighted by molar-refractivity contribution is 0.0752. The Kier molecular flexibility index (Phi) is 6.06. The van der Waals surface area contributed by atoms with E-state index >= 15 is 0 Å². The van der Waals surface area contributed by atoms with Gasteiger partial charge < -0.3 is 19.7 Å². The highest BCUT2D eigenvalue weighted by Gasteiger charge is 2.24. The number of hydrogen-bond acceptors (Lipinski definition) is 6. The van der Waals surface area contributed by atoms with Crippen LogP contribution in [-0.2, 0) is 19.5 Å². The van der Waals surface area contributed by atoms with Gasteiger partial charge in [0.15, 0.2) is 0 Å². The van der Waals surface area contributed by atoms with E-state index < -0.39 is 0 Å². The van der Waals surface area contributed by atoms with Crippen molar-refractivity contribution in [2.24, 2.45) is 0 Å². The van der Waals surface area contributed by atoms with Gasteiger partial charge in [-0.25, -0.2) is 0 Å². The molecule has 0 aromatic heterocycles. The average molecular weight is 399 g/mol. The molecule has 0 spiro atoms. The molecule has 0 fully saturated rings. The Morgan fingerprint density at radius 2 is 1.21 bits per heavy atom. The Morgan fingerprint density at radius 3 is 1.62 bits per heavy atom. The largest absolute Gasteiger partial charge is 0.477 e. The molecule has 0 bridgehead atoms. The van der Waals surface area contributed by atoms with Gasteiger partial charge in [0.2, 0.25) is 0 Å². The summed E-state index contributed by atoms with van der Waals surface area (Å²) in [5.41, 5.74) is 7.14. The number of aryl methyl sites for hydroxylation is 2. The molecule has 2 aliphatic heterocycles. The minimum atomic E-state index is 0.136. The van der Waals surface area contributed by atoms with Gasteiger partial charge in [0.05, 0.1) is 13.2 Å². The molecule has 0 saturated heterocycles. The molecule has 2 aromatic carbocycles. The number of nitrogens with zero attached hydrogens (tertiary/aromatic N) is 2. The maximum Gasteiger partial charge on any atom is 0.142 e. The Morgan fingerprint density at radius 1 is 0.759 bits per heavy atom. The second-order valence-corrected chi connectivity index (χ2v) is 8.10. The zero-order valence-corrected chi connectivity index (χ0v) is 17.3. The van der Waals surface area contributed by atoms with Crippen LogP contribution in [0.25, 0.3) is 0 Å². The molecule has 2 N–H and O–H groups in total. The summed E-state index contributed by atoms with van der Waals surface area (Å²) in [7, 11) is 0. The molecule has 6 nitrogen and oxygen atoms in total. The van der Waals surface area contributed by atoms with Crippen molar-refractivity contribution in [3.05, 3.63) is 57.6 Å². The van der Waals surface area contributed by atoms with Crippen LogP contribution < -0.4 is 9.47 Å². The number of aliphatic hydroxyl groups excluding tert-OH is 2. The van der Waals surface area contributed by atoms with Crippen molar-refractivity contribution >= 4 is 0 Å². The molecule has 2 aliphatic rings. The SMILES string of the molecule is Cc1cc(Cc2cc(C)cc3c2OCN(CCO)C3)c2c(c1)CN(CCO)CO2. The van der Waals surface area contributed by atoms with Gasteiger partial charge in [0.1, 0.15) is 25.0 Å². The van der Waals surface area contributed by atoms with E-state index in [0.29, 0.717) is 26.6 Å². The van der Waals surface area contributed by atoms with Crippen LogP contribution in [-0.4, -0.2) is 59.8 Å². The van der Waals surface area contributed by atoms with Crippen molar-refractivity contribution in [1.82, 2.24) is 9.80 Å². The number of β-amino-alcohol motifs (C(OH)–C–C–N with tert-alkyl or cyclic N) is 2. The van der Waals surface area contributed by atoms with Crippen LogP contribution in [0, 0.1) is 13.8 Å². The molecule has 0 amide bonds. The van der Waals surface area contributed by atoms with Crippen LogP contribution in [0.4, 0.5) is 0 Å². The normalized spacial score (nSPS) is 16.7. The van der Waals surface area contributed by atoms with Crippen molar-refractivity contribution < 1.29 is 19.7 Å². The van der Waals surface area contributed by atoms with E-state index in [1.807, 2.05) is 0 Å². The molecule has 0 aliphatic carbocycles. The molecular weight excluding hydrogens is 368 g/mol. The number of hydrogen-bond donors (Lipinski definition) is 2. The Balaban J connectivity index is 1.64. The lowest BCUT2D eigenvalue weighted by atomic mass is 9.94. The van der Waals surface area contributed by atoms with Gasteiger partial charge in [-0.3, -0.25) is 9.80 Å². The quantitative estimate of drug-likeness (QED) is 0.778. The summed E-state index contributed by atoms with van der Waals surface area (Å²) in [5.74, 6) is 1.94. The van der Waals surface area contributed by atoms with Crippen LogP contribution in [0.3, 0.4) is 0 Å². The highest BCUT2D eigenvalue weighted by atomic mass is 16.5. The minimum absolute atomic E-state index is 0.136. The van der Waals surface area contributed by atoms with E-state index in [9.17, 15) is 10.2 Å². The predicted molar refractivity (Wildman–Crippen MR) is 111 cm³/mol. The average Bonchev–Trinajstić information content (AvgIpc) is 2.67. The van der Waals surface area contributed by atoms with E-state index in [2.05, 4.69) is 47.9 Å². The Labute approximate surface area is 172 Å². The summed E-state index contributed by atoms with van der Waals surface area (Å²) in [5, 5.41) is 18.5. The van der Waals surface area contributed by atoms with E-state index in [4.69, 9.17) is 9.47 Å². The summed E-state index contributed by atoms with van der Waals surface area (Å²) < 4.78 is 12.2. The van der Waals surface area contributed by atoms with Gasteiger partial charge in [-0.2, -0.15) is 0 Å². The van der Waals surface area contributed by atoms with Crippen LogP contribution in [0.15, 0.2) is 24.3 Å². The lowest BCUT2D eigenvalue weighted by Gasteiger charge is -2.32. The summed E-state index contributed by atoms with van der Waals surface area (Å²) in [6.45, 7) is 8.33. The van der Waals surface area contributed by atoms with Crippen LogP contribution in [0.5, 0.6) is 11.5 Å². The lowest BCUT2D eigenvalue weighted by Crippen LogP contribution is -2.35. The van der Waals surface area contributed by atoms with Crippen LogP contribution in [0.1, 0.15) is 33.4 Å². The third kappa shape index (κ3) is 4.41. The molecule has 0 unspecified atom stereocenters. The van der Waals surface area contributed by atoms with E-state index in [0.717, 1.165) is 31.0 Å². The number of rotatable bonds is 6. The standard InChI is InChI=1S/C23H30N2O4/c1-16-7-18(22-20(9-16)12-24(3-5-26)14-28-22)11-19-8-17(2)10-21-13-25(4-6-27)15-29-23(19)21/h7-10,26-27H,3-6,11-15H2,1-2H3. The molecule has 29 heavy (non-hydrogen) atoms. The molecule has 2 aromatic rings. The molecule has 2 heterocycles. The predicted octanol–water partition coefficient (Wildman–Crippen LogP) is 2.18. The van der Waals surface area contributed by atoms with Crippen molar-refractivity contribution in [3.8, 4) is 11.5 Å². The molecule has 6 heteroatoms. The first-order valence-corrected chi connectivity index (χ1v) is 10.2. The fourth-order valence-corrected chi connectivity index (χ4v) is 4.39. The third-order valence-electron chi connectivity index (χ3n) is 5.56. The zero-order valence-electron chi connectivity index (χ0n) is 17.3. The first-order valence-electron chi connectivity index (χ1n) is 10.2. The molecule has 0 atom stereocenters. The Bertz CT molecular complexity index is 812. The monoisotopic (exact) mass is 398 g/mol. The van der Waals surface area contributed by atoms with Gasteiger partial charge in [-0.15, -0.1) is 0 Å². The summed E-state index contributed by atoms with van der Waals surface area (Å²) in [6, 6.07) is 8.76. The Hall–Kier alpha value is -2.12. The second-order valence-electron chi connectivity index (χ2n) is 8.10. The van der Waals surface area contributed by atoms with Gasteiger partial charge in [-0.1, -0.05) is 35.4 Å². The van der Waals surface area contributed by atoms with Crippen molar-refractivity contribution in [2.75, 3.05) is 39.8 Å². The molecule has 156 valence electrons. The number of ether oxygens (including phenoxy) is 2. The van der Waals surface area contributed by atoms with Crippen molar-refractivity contribution in [2.45, 2.75) is 33.4 Å². The molecular formula is C23H30N2O4. The minimum Gasteiger partial charge on any atom is -0.477 e. The van der Waals surface area contributed by atoms with Crippen LogP contribution >= 0.6 is 0 Å². The summed E-state index contributed by atoms with van der Waals surface area (Å²) in [6.07, 6.45) is 0.758. The third-order valence-corrected chi connectivity index (χ3v) is 5.56. The maximum atomic E-state index is 9.23. The topological polar surface area (TPSA) is 65.4 Å². The van der Waals surface area contributed by atoms with E-state index in [1.54, 1.807) is 0 Å². The number of benzene rings is 2. The maximum absolute atomic E-state index is 9.23. The first-order chi connectivity index (χ1) is 14.1. The number of aliphatic hydroxyl groups is 2. The van der Waals surface area contributed by atoms with Gasteiger partial charge in [0, 0.05) is 43.7 Å². The fourth-order valence-electron chi connectivity index (χ4n) is 4.39. The van der Waals surface area contributed by atoms with Crippen LogP contribution in [0.2, 0.25) is 0 Å². The fraction of sp³-hybridized carbons (Fsp3) is 0.478. The summed E-state index contributed by atoms with van der Waals surface area (Å²) >= 11 is 0. The van der Waals surface area contributed by atoms with E-state index in [1.165, 1.54) is 33.4 Å². The smallest absolute Gasteiger partial charge is 0.142 e. The molecule has 0 saturated carbocycles. The molecule has 4 rings (SSSR count). The van der Waals surface area contributed by atoms with Crippen molar-refractivity contribution in [3.63, 3.8) is 0 Å². The van der Waals surface area contributed by atoms with Gasteiger partial charge in [0.25, 0.3) is 0 Å². The van der Waals surface area contributed by atoms with Crippen molar-refractivity contribution in [1.29, 1.82) is 0 Å². The second kappa shape index (κ2) is 8.71. The molecule has 0 radical (unpaired) electrons. The highest BCUT2D eigenvalue weighted by Crippen LogP contribution is 2.36. The zero-order chi connectivity index (χ0) is 20.4. The van der Waals surface area contributed by atoms with Gasteiger partial charge in [-0.05, 0) is 25.0 Å². The summed E-state index contributed by atoms with van der Waals surface area (Å²) in [4.78, 5) is 4.22. The van der Waals surface area contributed by atoms with E-state index in [-0.39, 0.29) is 13.2 Å². The first kappa shape index (κ1) is 20.2. The highest BCUT2D eigenvalue weighted by molar-refractivity contribution is 5.52. The number of fused-ring (bicyclic) bond motifs is 2. The van der Waals surface area contributed by atoms with Gasteiger partial charge >= 0.3 is 0 Å².